The monoisotopic (exact) mass is 235 g/mol. The van der Waals surface area contributed by atoms with Gasteiger partial charge in [0.05, 0.1) is 26.9 Å². The molecule has 0 amide bonds. The maximum absolute atomic E-state index is 11.1. The van der Waals surface area contributed by atoms with Crippen LogP contribution in [0.2, 0.25) is 0 Å². The molecule has 0 spiro atoms. The number of esters is 1. The Bertz CT molecular complexity index is 186. The molecule has 0 saturated heterocycles. The number of carbonyl (C=O) groups is 1. The van der Waals surface area contributed by atoms with Crippen molar-refractivity contribution in [1.29, 1.82) is 0 Å². The molecule has 1 N–H and O–H groups in total. The molecule has 0 aromatic heterocycles. The molecule has 0 aromatic carbocycles. The van der Waals surface area contributed by atoms with Crippen molar-refractivity contribution < 1.29 is 24.1 Å². The van der Waals surface area contributed by atoms with E-state index in [2.05, 4.69) is 4.74 Å². The van der Waals surface area contributed by atoms with Gasteiger partial charge in [0.1, 0.15) is 0 Å². The second-order valence-corrected chi connectivity index (χ2v) is 3.32. The minimum absolute atomic E-state index is 0.197. The summed E-state index contributed by atoms with van der Waals surface area (Å²) in [4.78, 5) is 12.9. The van der Waals surface area contributed by atoms with Crippen molar-refractivity contribution in [2.75, 3.05) is 47.1 Å². The number of hydrogen-bond donors (Lipinski definition) is 1. The molecule has 0 heterocycles. The molecule has 0 aliphatic rings. The molecule has 0 aliphatic heterocycles. The minimum atomic E-state index is -0.789. The van der Waals surface area contributed by atoms with Gasteiger partial charge < -0.3 is 19.3 Å². The topological polar surface area (TPSA) is 68.2 Å². The zero-order chi connectivity index (χ0) is 12.4. The van der Waals surface area contributed by atoms with Gasteiger partial charge in [-0.2, -0.15) is 0 Å². The van der Waals surface area contributed by atoms with Gasteiger partial charge in [0.2, 0.25) is 0 Å². The van der Waals surface area contributed by atoms with Gasteiger partial charge in [-0.3, -0.25) is 9.69 Å². The average Bonchev–Trinajstić information content (AvgIpc) is 2.24. The molecule has 96 valence electrons. The molecule has 16 heavy (non-hydrogen) atoms. The summed E-state index contributed by atoms with van der Waals surface area (Å²) in [6.45, 7) is 3.80. The number of ether oxygens (including phenoxy) is 3. The van der Waals surface area contributed by atoms with Crippen molar-refractivity contribution >= 4 is 5.97 Å². The van der Waals surface area contributed by atoms with Crippen molar-refractivity contribution in [2.45, 2.75) is 13.2 Å². The molecule has 0 aromatic rings. The fraction of sp³-hybridized carbons (Fsp3) is 0.900. The highest BCUT2D eigenvalue weighted by molar-refractivity contribution is 5.71. The van der Waals surface area contributed by atoms with Gasteiger partial charge in [-0.25, -0.2) is 0 Å². The van der Waals surface area contributed by atoms with Crippen LogP contribution < -0.4 is 0 Å². The smallest absolute Gasteiger partial charge is 0.319 e. The van der Waals surface area contributed by atoms with E-state index in [-0.39, 0.29) is 12.5 Å². The Hall–Kier alpha value is -0.690. The fourth-order valence-corrected chi connectivity index (χ4v) is 1.09. The van der Waals surface area contributed by atoms with Crippen LogP contribution in [0.25, 0.3) is 0 Å². The third-order valence-electron chi connectivity index (χ3n) is 1.96. The summed E-state index contributed by atoms with van der Waals surface area (Å²) in [5.74, 6) is -0.298. The predicted octanol–water partition coefficient (Wildman–Crippen LogP) is -0.537. The highest BCUT2D eigenvalue weighted by atomic mass is 16.6. The maximum atomic E-state index is 11.1. The molecule has 0 rings (SSSR count). The number of rotatable bonds is 9. The summed E-state index contributed by atoms with van der Waals surface area (Å²) in [7, 11) is 2.95. The van der Waals surface area contributed by atoms with Gasteiger partial charge in [0.15, 0.2) is 6.29 Å². The second kappa shape index (κ2) is 9.53. The van der Waals surface area contributed by atoms with Crippen molar-refractivity contribution in [1.82, 2.24) is 4.90 Å². The fourth-order valence-electron chi connectivity index (χ4n) is 1.09. The Morgan fingerprint density at radius 1 is 1.31 bits per heavy atom. The van der Waals surface area contributed by atoms with Crippen LogP contribution in [-0.2, 0) is 19.0 Å². The van der Waals surface area contributed by atoms with Crippen molar-refractivity contribution in [2.24, 2.45) is 0 Å². The third kappa shape index (κ3) is 8.60. The lowest BCUT2D eigenvalue weighted by molar-refractivity contribution is -0.142. The van der Waals surface area contributed by atoms with Gasteiger partial charge in [-0.15, -0.1) is 0 Å². The molecule has 0 saturated carbocycles. The highest BCUT2D eigenvalue weighted by Crippen LogP contribution is 1.92. The first-order chi connectivity index (χ1) is 7.60. The van der Waals surface area contributed by atoms with Crippen LogP contribution in [-0.4, -0.2) is 69.3 Å². The van der Waals surface area contributed by atoms with E-state index in [1.807, 2.05) is 4.90 Å². The minimum Gasteiger partial charge on any atom is -0.468 e. The number of aliphatic hydroxyl groups excluding tert-OH is 1. The van der Waals surface area contributed by atoms with Crippen LogP contribution in [0, 0.1) is 0 Å². The highest BCUT2D eigenvalue weighted by Gasteiger charge is 2.10. The molecule has 0 bridgehead atoms. The molecule has 6 heteroatoms. The summed E-state index contributed by atoms with van der Waals surface area (Å²) < 4.78 is 14.5. The first-order valence-corrected chi connectivity index (χ1v) is 5.18. The Morgan fingerprint density at radius 3 is 2.44 bits per heavy atom. The van der Waals surface area contributed by atoms with E-state index in [1.54, 1.807) is 14.0 Å². The molecule has 1 atom stereocenters. The molecular weight excluding hydrogens is 214 g/mol. The lowest BCUT2D eigenvalue weighted by Crippen LogP contribution is -2.36. The van der Waals surface area contributed by atoms with Crippen molar-refractivity contribution in [3.8, 4) is 0 Å². The van der Waals surface area contributed by atoms with E-state index in [9.17, 15) is 4.79 Å². The number of carbonyl (C=O) groups excluding carboxylic acids is 1. The molecule has 0 aliphatic carbocycles. The van der Waals surface area contributed by atoms with Gasteiger partial charge in [0.25, 0.3) is 0 Å². The Morgan fingerprint density at radius 2 is 1.94 bits per heavy atom. The second-order valence-electron chi connectivity index (χ2n) is 3.32. The standard InChI is InChI=1S/C10H21NO5/c1-9(12)16-7-5-11(4-6-14-2)8-10(13)15-3/h9,12H,4-8H2,1-3H3. The lowest BCUT2D eigenvalue weighted by Gasteiger charge is -2.20. The van der Waals surface area contributed by atoms with Crippen LogP contribution in [0.4, 0.5) is 0 Å². The summed E-state index contributed by atoms with van der Waals surface area (Å²) >= 11 is 0. The van der Waals surface area contributed by atoms with Gasteiger partial charge >= 0.3 is 5.97 Å². The van der Waals surface area contributed by atoms with E-state index in [1.165, 1.54) is 7.11 Å². The quantitative estimate of drug-likeness (QED) is 0.428. The average molecular weight is 235 g/mol. The maximum Gasteiger partial charge on any atom is 0.319 e. The number of methoxy groups -OCH3 is 2. The van der Waals surface area contributed by atoms with Crippen LogP contribution in [0.3, 0.4) is 0 Å². The summed E-state index contributed by atoms with van der Waals surface area (Å²) in [6.07, 6.45) is -0.789. The van der Waals surface area contributed by atoms with Crippen LogP contribution >= 0.6 is 0 Å². The Labute approximate surface area is 96.1 Å². The largest absolute Gasteiger partial charge is 0.468 e. The Balaban J connectivity index is 3.84. The number of nitrogens with zero attached hydrogens (tertiary/aromatic N) is 1. The van der Waals surface area contributed by atoms with Gasteiger partial charge in [0, 0.05) is 20.2 Å². The van der Waals surface area contributed by atoms with Crippen LogP contribution in [0.1, 0.15) is 6.92 Å². The first kappa shape index (κ1) is 15.3. The van der Waals surface area contributed by atoms with Gasteiger partial charge in [-0.1, -0.05) is 0 Å². The predicted molar refractivity (Wildman–Crippen MR) is 58.0 cm³/mol. The number of hydrogen-bond acceptors (Lipinski definition) is 6. The number of aliphatic hydroxyl groups is 1. The van der Waals surface area contributed by atoms with E-state index in [0.717, 1.165) is 0 Å². The molecule has 1 unspecified atom stereocenters. The molecule has 0 radical (unpaired) electrons. The van der Waals surface area contributed by atoms with Crippen LogP contribution in [0.15, 0.2) is 0 Å². The zero-order valence-electron chi connectivity index (χ0n) is 10.1. The third-order valence-corrected chi connectivity index (χ3v) is 1.96. The summed E-state index contributed by atoms with van der Waals surface area (Å²) in [6, 6.07) is 0. The summed E-state index contributed by atoms with van der Waals surface area (Å²) in [5, 5.41) is 8.91. The SMILES string of the molecule is COCCN(CCOC(C)O)CC(=O)OC. The van der Waals surface area contributed by atoms with E-state index in [0.29, 0.717) is 26.3 Å². The van der Waals surface area contributed by atoms with E-state index in [4.69, 9.17) is 14.6 Å². The normalized spacial score (nSPS) is 12.8. The Kier molecular flexibility index (Phi) is 9.12. The van der Waals surface area contributed by atoms with E-state index < -0.39 is 6.29 Å². The van der Waals surface area contributed by atoms with Gasteiger partial charge in [-0.05, 0) is 6.92 Å². The molecule has 6 nitrogen and oxygen atoms in total. The summed E-state index contributed by atoms with van der Waals surface area (Å²) in [5.41, 5.74) is 0. The zero-order valence-corrected chi connectivity index (χ0v) is 10.1. The van der Waals surface area contributed by atoms with Crippen molar-refractivity contribution in [3.05, 3.63) is 0 Å². The molecule has 0 fully saturated rings. The lowest BCUT2D eigenvalue weighted by atomic mass is 10.4. The first-order valence-electron chi connectivity index (χ1n) is 5.18. The van der Waals surface area contributed by atoms with Crippen molar-refractivity contribution in [3.63, 3.8) is 0 Å². The van der Waals surface area contributed by atoms with Crippen LogP contribution in [0.5, 0.6) is 0 Å². The van der Waals surface area contributed by atoms with E-state index >= 15 is 0 Å². The molecular formula is C10H21NO5.